The quantitative estimate of drug-likeness (QED) is 0.854. The van der Waals surface area contributed by atoms with Crippen molar-refractivity contribution in [2.24, 2.45) is 0 Å². The third-order valence-corrected chi connectivity index (χ3v) is 6.25. The van der Waals surface area contributed by atoms with Crippen LogP contribution in [-0.4, -0.2) is 54.7 Å². The first-order valence-electron chi connectivity index (χ1n) is 10.9. The molecule has 0 saturated carbocycles. The highest BCUT2D eigenvalue weighted by molar-refractivity contribution is 5.89. The fourth-order valence-electron chi connectivity index (χ4n) is 4.74. The van der Waals surface area contributed by atoms with Crippen LogP contribution >= 0.6 is 0 Å². The zero-order valence-electron chi connectivity index (χ0n) is 16.8. The van der Waals surface area contributed by atoms with E-state index in [4.69, 9.17) is 4.74 Å². The second-order valence-electron chi connectivity index (χ2n) is 8.30. The summed E-state index contributed by atoms with van der Waals surface area (Å²) < 4.78 is 9.76. The van der Waals surface area contributed by atoms with E-state index in [1.54, 1.807) is 6.20 Å². The maximum atomic E-state index is 13.1. The maximum absolute atomic E-state index is 13.1. The van der Waals surface area contributed by atoms with E-state index in [0.717, 1.165) is 88.5 Å². The molecule has 2 fully saturated rings. The standard InChI is InChI=1S/C20H29N7O2/c28-20(22-15-12-21-25(13-15)14-16-6-5-11-29-16)26-9-3-1-7-17(26)19-24-23-18-8-2-4-10-27(18)19/h12-13,16-17H,1-11,14H2,(H,22,28)/t16-,17+/m1/s1. The van der Waals surface area contributed by atoms with Crippen LogP contribution in [0.1, 0.15) is 62.6 Å². The molecular formula is C20H29N7O2. The van der Waals surface area contributed by atoms with Crippen LogP contribution in [0.2, 0.25) is 0 Å². The van der Waals surface area contributed by atoms with Crippen molar-refractivity contribution in [1.29, 1.82) is 0 Å². The minimum atomic E-state index is -0.0838. The Balaban J connectivity index is 1.28. The number of anilines is 1. The summed E-state index contributed by atoms with van der Waals surface area (Å²) in [6, 6.07) is -0.0930. The molecular weight excluding hydrogens is 370 g/mol. The number of urea groups is 1. The summed E-state index contributed by atoms with van der Waals surface area (Å²) in [7, 11) is 0. The van der Waals surface area contributed by atoms with Crippen molar-refractivity contribution in [1.82, 2.24) is 29.4 Å². The van der Waals surface area contributed by atoms with E-state index in [-0.39, 0.29) is 18.2 Å². The molecule has 0 radical (unpaired) electrons. The summed E-state index contributed by atoms with van der Waals surface area (Å²) >= 11 is 0. The summed E-state index contributed by atoms with van der Waals surface area (Å²) in [4.78, 5) is 15.0. The number of ether oxygens (including phenoxy) is 1. The number of amides is 2. The average Bonchev–Trinajstić information content (AvgIpc) is 3.50. The monoisotopic (exact) mass is 399 g/mol. The Morgan fingerprint density at radius 1 is 1.14 bits per heavy atom. The smallest absolute Gasteiger partial charge is 0.322 e. The van der Waals surface area contributed by atoms with Crippen LogP contribution < -0.4 is 5.32 Å². The molecule has 0 aromatic carbocycles. The highest BCUT2D eigenvalue weighted by Gasteiger charge is 2.33. The number of likely N-dealkylation sites (tertiary alicyclic amines) is 1. The van der Waals surface area contributed by atoms with Gasteiger partial charge in [-0.25, -0.2) is 4.79 Å². The Kier molecular flexibility index (Phi) is 5.22. The van der Waals surface area contributed by atoms with Gasteiger partial charge in [-0.1, -0.05) is 0 Å². The highest BCUT2D eigenvalue weighted by Crippen LogP contribution is 2.32. The number of hydrogen-bond acceptors (Lipinski definition) is 5. The molecule has 0 bridgehead atoms. The number of aromatic nitrogens is 5. The van der Waals surface area contributed by atoms with Crippen molar-refractivity contribution >= 4 is 11.7 Å². The molecule has 0 spiro atoms. The molecule has 3 aliphatic rings. The zero-order chi connectivity index (χ0) is 19.6. The highest BCUT2D eigenvalue weighted by atomic mass is 16.5. The third kappa shape index (κ3) is 3.88. The van der Waals surface area contributed by atoms with Gasteiger partial charge in [0.25, 0.3) is 0 Å². The number of rotatable bonds is 4. The first kappa shape index (κ1) is 18.6. The molecule has 2 atom stereocenters. The van der Waals surface area contributed by atoms with E-state index < -0.39 is 0 Å². The van der Waals surface area contributed by atoms with E-state index in [2.05, 4.69) is 25.2 Å². The van der Waals surface area contributed by atoms with E-state index in [1.807, 2.05) is 15.8 Å². The summed E-state index contributed by atoms with van der Waals surface area (Å²) in [5, 5.41) is 16.3. The minimum absolute atomic E-state index is 0.00923. The van der Waals surface area contributed by atoms with Crippen LogP contribution in [0, 0.1) is 0 Å². The summed E-state index contributed by atoms with van der Waals surface area (Å²) in [6.07, 6.45) is 12.4. The number of nitrogens with one attached hydrogen (secondary N) is 1. The molecule has 2 amide bonds. The van der Waals surface area contributed by atoms with Crippen LogP contribution in [0.25, 0.3) is 0 Å². The first-order chi connectivity index (χ1) is 14.3. The lowest BCUT2D eigenvalue weighted by molar-refractivity contribution is 0.0940. The minimum Gasteiger partial charge on any atom is -0.376 e. The molecule has 0 unspecified atom stereocenters. The van der Waals surface area contributed by atoms with E-state index in [0.29, 0.717) is 0 Å². The third-order valence-electron chi connectivity index (χ3n) is 6.25. The molecule has 0 aliphatic carbocycles. The van der Waals surface area contributed by atoms with E-state index >= 15 is 0 Å². The topological polar surface area (TPSA) is 90.1 Å². The summed E-state index contributed by atoms with van der Waals surface area (Å²) in [5.41, 5.74) is 0.723. The zero-order valence-corrected chi connectivity index (χ0v) is 16.8. The fourth-order valence-corrected chi connectivity index (χ4v) is 4.74. The number of piperidine rings is 1. The van der Waals surface area contributed by atoms with Gasteiger partial charge >= 0.3 is 6.03 Å². The predicted molar refractivity (Wildman–Crippen MR) is 106 cm³/mol. The number of fused-ring (bicyclic) bond motifs is 1. The van der Waals surface area contributed by atoms with Gasteiger partial charge < -0.3 is 19.5 Å². The molecule has 5 heterocycles. The Labute approximate surface area is 170 Å². The van der Waals surface area contributed by atoms with Crippen molar-refractivity contribution in [3.63, 3.8) is 0 Å². The van der Waals surface area contributed by atoms with Gasteiger partial charge in [-0.15, -0.1) is 10.2 Å². The van der Waals surface area contributed by atoms with Gasteiger partial charge in [-0.05, 0) is 44.9 Å². The number of aryl methyl sites for hydroxylation is 1. The molecule has 2 aromatic rings. The van der Waals surface area contributed by atoms with Crippen molar-refractivity contribution < 1.29 is 9.53 Å². The lowest BCUT2D eigenvalue weighted by Gasteiger charge is -2.35. The normalized spacial score (nSPS) is 24.5. The SMILES string of the molecule is O=C(Nc1cnn(C[C@H]2CCCO2)c1)N1CCCC[C@H]1c1nnc2n1CCCC2. The largest absolute Gasteiger partial charge is 0.376 e. The molecule has 5 rings (SSSR count). The Hall–Kier alpha value is -2.42. The van der Waals surface area contributed by atoms with Gasteiger partial charge in [0, 0.05) is 32.3 Å². The number of carbonyl (C=O) groups excluding carboxylic acids is 1. The van der Waals surface area contributed by atoms with E-state index in [1.165, 1.54) is 6.42 Å². The molecule has 9 nitrogen and oxygen atoms in total. The van der Waals surface area contributed by atoms with Gasteiger partial charge in [0.05, 0.1) is 30.6 Å². The second kappa shape index (κ2) is 8.14. The number of nitrogens with zero attached hydrogens (tertiary/aromatic N) is 6. The van der Waals surface area contributed by atoms with E-state index in [9.17, 15) is 4.79 Å². The van der Waals surface area contributed by atoms with Crippen molar-refractivity contribution in [2.45, 2.75) is 76.6 Å². The first-order valence-corrected chi connectivity index (χ1v) is 10.9. The van der Waals surface area contributed by atoms with Crippen molar-refractivity contribution in [3.05, 3.63) is 24.0 Å². The Bertz CT molecular complexity index is 855. The predicted octanol–water partition coefficient (Wildman–Crippen LogP) is 2.75. The average molecular weight is 399 g/mol. The maximum Gasteiger partial charge on any atom is 0.322 e. The van der Waals surface area contributed by atoms with Crippen molar-refractivity contribution in [3.8, 4) is 0 Å². The lowest BCUT2D eigenvalue weighted by Crippen LogP contribution is -2.42. The molecule has 1 N–H and O–H groups in total. The molecule has 9 heteroatoms. The van der Waals surface area contributed by atoms with Crippen LogP contribution in [0.3, 0.4) is 0 Å². The Morgan fingerprint density at radius 2 is 2.07 bits per heavy atom. The number of carbonyl (C=O) groups is 1. The van der Waals surface area contributed by atoms with Gasteiger partial charge in [-0.3, -0.25) is 4.68 Å². The van der Waals surface area contributed by atoms with Gasteiger partial charge in [-0.2, -0.15) is 5.10 Å². The second-order valence-corrected chi connectivity index (χ2v) is 8.30. The molecule has 29 heavy (non-hydrogen) atoms. The van der Waals surface area contributed by atoms with Gasteiger partial charge in [0.15, 0.2) is 5.82 Å². The van der Waals surface area contributed by atoms with Gasteiger partial charge in [0.2, 0.25) is 0 Å². The molecule has 2 aromatic heterocycles. The molecule has 3 aliphatic heterocycles. The van der Waals surface area contributed by atoms with Crippen LogP contribution in [0.4, 0.5) is 10.5 Å². The number of hydrogen-bond donors (Lipinski definition) is 1. The lowest BCUT2D eigenvalue weighted by atomic mass is 10.0. The summed E-state index contributed by atoms with van der Waals surface area (Å²) in [6.45, 7) is 3.26. The van der Waals surface area contributed by atoms with Crippen LogP contribution in [0.15, 0.2) is 12.4 Å². The van der Waals surface area contributed by atoms with Crippen molar-refractivity contribution in [2.75, 3.05) is 18.5 Å². The van der Waals surface area contributed by atoms with Gasteiger partial charge in [0.1, 0.15) is 5.82 Å². The summed E-state index contributed by atoms with van der Waals surface area (Å²) in [5.74, 6) is 2.01. The Morgan fingerprint density at radius 3 is 2.97 bits per heavy atom. The fraction of sp³-hybridized carbons (Fsp3) is 0.700. The van der Waals surface area contributed by atoms with Crippen LogP contribution in [-0.2, 0) is 24.2 Å². The molecule has 156 valence electrons. The van der Waals surface area contributed by atoms with Crippen LogP contribution in [0.5, 0.6) is 0 Å². The molecule has 2 saturated heterocycles.